The maximum atomic E-state index is 12.4. The number of nitrogens with zero attached hydrogens (tertiary/aromatic N) is 4. The SMILES string of the molecule is Cc1nccc(-c2ccc(OC[C@@](C)(N)CC(C)C)c(C)c2)n1.Cc1nccc(-c2ccc(OC[C@](C)(CC(C)C)NC(=O)OC(C)(C)C)c(C)c2)n1. The Morgan fingerprint density at radius 2 is 1.15 bits per heavy atom. The Morgan fingerprint density at radius 1 is 0.698 bits per heavy atom. The molecule has 288 valence electrons. The Labute approximate surface area is 317 Å². The zero-order valence-corrected chi connectivity index (χ0v) is 34.3. The fourth-order valence-corrected chi connectivity index (χ4v) is 6.24. The molecule has 4 aromatic rings. The lowest BCUT2D eigenvalue weighted by atomic mass is 9.91. The van der Waals surface area contributed by atoms with Crippen molar-refractivity contribution < 1.29 is 19.0 Å². The van der Waals surface area contributed by atoms with Crippen LogP contribution in [0, 0.1) is 39.5 Å². The van der Waals surface area contributed by atoms with Gasteiger partial charge in [-0.15, -0.1) is 0 Å². The largest absolute Gasteiger partial charge is 0.491 e. The number of ether oxygens (including phenoxy) is 3. The summed E-state index contributed by atoms with van der Waals surface area (Å²) in [7, 11) is 0. The van der Waals surface area contributed by atoms with Crippen molar-refractivity contribution in [3.05, 3.63) is 83.7 Å². The molecule has 3 N–H and O–H groups in total. The third kappa shape index (κ3) is 14.8. The van der Waals surface area contributed by atoms with Crippen molar-refractivity contribution in [2.75, 3.05) is 13.2 Å². The van der Waals surface area contributed by atoms with Crippen LogP contribution < -0.4 is 20.5 Å². The molecule has 0 spiro atoms. The van der Waals surface area contributed by atoms with Crippen LogP contribution in [0.5, 0.6) is 11.5 Å². The van der Waals surface area contributed by atoms with Gasteiger partial charge in [0, 0.05) is 29.1 Å². The number of hydrogen-bond donors (Lipinski definition) is 2. The second-order valence-corrected chi connectivity index (χ2v) is 16.6. The Morgan fingerprint density at radius 3 is 1.55 bits per heavy atom. The first kappa shape index (κ1) is 42.8. The van der Waals surface area contributed by atoms with E-state index in [0.29, 0.717) is 25.0 Å². The average Bonchev–Trinajstić information content (AvgIpc) is 3.02. The van der Waals surface area contributed by atoms with Gasteiger partial charge < -0.3 is 25.3 Å². The fourth-order valence-electron chi connectivity index (χ4n) is 6.24. The molecule has 0 aliphatic carbocycles. The summed E-state index contributed by atoms with van der Waals surface area (Å²) in [5.41, 5.74) is 10.9. The van der Waals surface area contributed by atoms with E-state index in [4.69, 9.17) is 19.9 Å². The summed E-state index contributed by atoms with van der Waals surface area (Å²) >= 11 is 0. The van der Waals surface area contributed by atoms with E-state index in [2.05, 4.69) is 65.1 Å². The van der Waals surface area contributed by atoms with E-state index in [1.54, 1.807) is 12.4 Å². The summed E-state index contributed by atoms with van der Waals surface area (Å²) in [4.78, 5) is 29.6. The van der Waals surface area contributed by atoms with Gasteiger partial charge in [0.1, 0.15) is 42.0 Å². The van der Waals surface area contributed by atoms with Gasteiger partial charge in [-0.3, -0.25) is 0 Å². The van der Waals surface area contributed by atoms with Crippen LogP contribution in [0.4, 0.5) is 4.79 Å². The summed E-state index contributed by atoms with van der Waals surface area (Å²) in [5.74, 6) is 4.11. The standard InChI is InChI=1S/C24H35N3O3.C19H27N3O/c1-16(2)14-24(8,27-22(28)30-23(5,6)7)15-29-21-10-9-19(13-17(21)3)20-11-12-25-18(4)26-20;1-13(2)11-19(5,20)12-23-18-7-6-16(10-14(18)3)17-8-9-21-15(4)22-17/h9-13,16H,14-15H2,1-8H3,(H,27,28);6-10,13H,11-12,20H2,1-5H3/t24-;19-/m00/s1. The first-order valence-corrected chi connectivity index (χ1v) is 18.5. The van der Waals surface area contributed by atoms with Crippen LogP contribution in [0.1, 0.15) is 97.9 Å². The fraction of sp³-hybridized carbons (Fsp3) is 0.512. The molecule has 0 unspecified atom stereocenters. The number of aryl methyl sites for hydroxylation is 4. The number of hydrogen-bond acceptors (Lipinski definition) is 9. The van der Waals surface area contributed by atoms with Crippen molar-refractivity contribution in [3.8, 4) is 34.0 Å². The highest BCUT2D eigenvalue weighted by atomic mass is 16.6. The van der Waals surface area contributed by atoms with Gasteiger partial charge in [-0.1, -0.05) is 27.7 Å². The van der Waals surface area contributed by atoms with Gasteiger partial charge in [0.2, 0.25) is 0 Å². The zero-order chi connectivity index (χ0) is 39.6. The van der Waals surface area contributed by atoms with Crippen LogP contribution in [0.3, 0.4) is 0 Å². The molecule has 1 amide bonds. The molecule has 53 heavy (non-hydrogen) atoms. The zero-order valence-electron chi connectivity index (χ0n) is 34.3. The Kier molecular flexibility index (Phi) is 14.9. The normalized spacial score (nSPS) is 13.7. The quantitative estimate of drug-likeness (QED) is 0.138. The highest BCUT2D eigenvalue weighted by Gasteiger charge is 2.31. The number of rotatable bonds is 13. The Hall–Kier alpha value is -4.57. The summed E-state index contributed by atoms with van der Waals surface area (Å²) in [6, 6.07) is 15.9. The molecule has 4 rings (SSSR count). The molecular weight excluding hydrogens is 665 g/mol. The number of benzene rings is 2. The van der Waals surface area contributed by atoms with E-state index in [9.17, 15) is 4.79 Å². The Balaban J connectivity index is 0.000000295. The van der Waals surface area contributed by atoms with E-state index < -0.39 is 17.2 Å². The summed E-state index contributed by atoms with van der Waals surface area (Å²) in [6.45, 7) is 26.9. The van der Waals surface area contributed by atoms with Crippen molar-refractivity contribution in [2.24, 2.45) is 17.6 Å². The number of nitrogens with two attached hydrogens (primary N) is 1. The van der Waals surface area contributed by atoms with Gasteiger partial charge in [0.15, 0.2) is 0 Å². The lowest BCUT2D eigenvalue weighted by molar-refractivity contribution is 0.0407. The third-order valence-electron chi connectivity index (χ3n) is 8.13. The van der Waals surface area contributed by atoms with E-state index in [1.807, 2.05) is 98.7 Å². The topological polar surface area (TPSA) is 134 Å². The van der Waals surface area contributed by atoms with Crippen LogP contribution in [-0.2, 0) is 4.74 Å². The number of aromatic nitrogens is 4. The van der Waals surface area contributed by atoms with Gasteiger partial charge in [-0.05, 0) is 147 Å². The van der Waals surface area contributed by atoms with Gasteiger partial charge >= 0.3 is 6.09 Å². The van der Waals surface area contributed by atoms with Crippen LogP contribution in [0.15, 0.2) is 60.9 Å². The molecule has 2 aromatic heterocycles. The molecule has 10 heteroatoms. The molecule has 2 atom stereocenters. The summed E-state index contributed by atoms with van der Waals surface area (Å²) in [6.07, 6.45) is 4.81. The molecule has 0 aliphatic rings. The lowest BCUT2D eigenvalue weighted by Crippen LogP contribution is -2.52. The first-order chi connectivity index (χ1) is 24.6. The van der Waals surface area contributed by atoms with Gasteiger partial charge in [0.25, 0.3) is 0 Å². The van der Waals surface area contributed by atoms with Crippen molar-refractivity contribution >= 4 is 6.09 Å². The summed E-state index contributed by atoms with van der Waals surface area (Å²) in [5, 5.41) is 3.01. The lowest BCUT2D eigenvalue weighted by Gasteiger charge is -2.33. The van der Waals surface area contributed by atoms with Crippen LogP contribution >= 0.6 is 0 Å². The molecular formula is C43H62N6O4. The third-order valence-corrected chi connectivity index (χ3v) is 8.13. The maximum absolute atomic E-state index is 12.4. The van der Waals surface area contributed by atoms with Gasteiger partial charge in [0.05, 0.1) is 16.9 Å². The monoisotopic (exact) mass is 726 g/mol. The Bertz CT molecular complexity index is 1800. The maximum Gasteiger partial charge on any atom is 0.408 e. The van der Waals surface area contributed by atoms with Crippen LogP contribution in [0.2, 0.25) is 0 Å². The molecule has 0 fully saturated rings. The molecule has 0 bridgehead atoms. The second kappa shape index (κ2) is 18.5. The predicted octanol–water partition coefficient (Wildman–Crippen LogP) is 9.37. The van der Waals surface area contributed by atoms with E-state index in [1.165, 1.54) is 0 Å². The van der Waals surface area contributed by atoms with Crippen molar-refractivity contribution in [3.63, 3.8) is 0 Å². The smallest absolute Gasteiger partial charge is 0.408 e. The highest BCUT2D eigenvalue weighted by Crippen LogP contribution is 2.28. The average molecular weight is 727 g/mol. The van der Waals surface area contributed by atoms with Crippen molar-refractivity contribution in [1.29, 1.82) is 0 Å². The van der Waals surface area contributed by atoms with E-state index in [-0.39, 0.29) is 5.54 Å². The number of alkyl carbamates (subject to hydrolysis) is 1. The van der Waals surface area contributed by atoms with Crippen LogP contribution in [0.25, 0.3) is 22.5 Å². The molecule has 0 saturated heterocycles. The van der Waals surface area contributed by atoms with Crippen molar-refractivity contribution in [1.82, 2.24) is 25.3 Å². The molecule has 0 radical (unpaired) electrons. The first-order valence-electron chi connectivity index (χ1n) is 18.5. The molecule has 0 aliphatic heterocycles. The minimum Gasteiger partial charge on any atom is -0.491 e. The van der Waals surface area contributed by atoms with Crippen molar-refractivity contribution in [2.45, 2.75) is 120 Å². The molecule has 2 heterocycles. The second-order valence-electron chi connectivity index (χ2n) is 16.6. The van der Waals surface area contributed by atoms with E-state index >= 15 is 0 Å². The van der Waals surface area contributed by atoms with E-state index in [0.717, 1.165) is 69.6 Å². The number of nitrogens with one attached hydrogen (secondary N) is 1. The predicted molar refractivity (Wildman–Crippen MR) is 214 cm³/mol. The molecule has 0 saturated carbocycles. The number of amides is 1. The van der Waals surface area contributed by atoms with Gasteiger partial charge in [-0.25, -0.2) is 24.7 Å². The number of carbonyl (C=O) groups excluding carboxylic acids is 1. The van der Waals surface area contributed by atoms with Gasteiger partial charge in [-0.2, -0.15) is 0 Å². The molecule has 10 nitrogen and oxygen atoms in total. The highest BCUT2D eigenvalue weighted by molar-refractivity contribution is 5.69. The minimum absolute atomic E-state index is 0.316. The van der Waals surface area contributed by atoms with Crippen LogP contribution in [-0.4, -0.2) is 55.9 Å². The summed E-state index contributed by atoms with van der Waals surface area (Å²) < 4.78 is 17.6. The molecule has 2 aromatic carbocycles. The minimum atomic E-state index is -0.550. The number of carbonyl (C=O) groups is 1.